The van der Waals surface area contributed by atoms with Crippen molar-refractivity contribution in [1.29, 1.82) is 0 Å². The van der Waals surface area contributed by atoms with Gasteiger partial charge in [-0.25, -0.2) is 0 Å². The third kappa shape index (κ3) is 40.3. The standard InChI is InChI=1S/C48H93NO5/c1-3-5-7-9-11-13-15-16-17-18-19-20-22-26-30-34-38-42-48(53)54-43-39-35-31-27-23-25-29-33-37-41-47(52)49-45(44-50)46(51)40-36-32-28-24-21-14-12-10-8-6-4-2/h25,29,45-46,50-51H,3-24,26-28,30-44H2,1-2H3,(H,49,52)/b29-25-. The molecule has 6 nitrogen and oxygen atoms in total. The lowest BCUT2D eigenvalue weighted by Gasteiger charge is -2.22. The summed E-state index contributed by atoms with van der Waals surface area (Å²) >= 11 is 0. The molecule has 0 heterocycles. The summed E-state index contributed by atoms with van der Waals surface area (Å²) in [5.74, 6) is -0.128. The summed E-state index contributed by atoms with van der Waals surface area (Å²) in [4.78, 5) is 24.4. The zero-order valence-electron chi connectivity index (χ0n) is 36.2. The van der Waals surface area contributed by atoms with Crippen molar-refractivity contribution in [3.63, 3.8) is 0 Å². The minimum Gasteiger partial charge on any atom is -0.466 e. The van der Waals surface area contributed by atoms with Gasteiger partial charge in [0.2, 0.25) is 5.91 Å². The Hall–Kier alpha value is -1.40. The highest BCUT2D eigenvalue weighted by Gasteiger charge is 2.20. The fourth-order valence-electron chi connectivity index (χ4n) is 7.35. The average Bonchev–Trinajstić information content (AvgIpc) is 3.17. The number of carbonyl (C=O) groups is 2. The molecule has 0 saturated heterocycles. The molecule has 54 heavy (non-hydrogen) atoms. The number of amides is 1. The van der Waals surface area contributed by atoms with Gasteiger partial charge in [0.25, 0.3) is 0 Å². The maximum atomic E-state index is 12.4. The Morgan fingerprint density at radius 1 is 0.500 bits per heavy atom. The van der Waals surface area contributed by atoms with E-state index in [2.05, 4.69) is 31.3 Å². The lowest BCUT2D eigenvalue weighted by Crippen LogP contribution is -2.45. The van der Waals surface area contributed by atoms with Crippen molar-refractivity contribution in [2.75, 3.05) is 13.2 Å². The minimum absolute atomic E-state index is 0.0322. The summed E-state index contributed by atoms with van der Waals surface area (Å²) in [5.41, 5.74) is 0. The van der Waals surface area contributed by atoms with Gasteiger partial charge in [0.1, 0.15) is 0 Å². The van der Waals surface area contributed by atoms with Gasteiger partial charge in [0, 0.05) is 12.8 Å². The van der Waals surface area contributed by atoms with Gasteiger partial charge < -0.3 is 20.3 Å². The van der Waals surface area contributed by atoms with Gasteiger partial charge >= 0.3 is 5.97 Å². The summed E-state index contributed by atoms with van der Waals surface area (Å²) in [7, 11) is 0. The Kier molecular flexibility index (Phi) is 43.2. The van der Waals surface area contributed by atoms with E-state index >= 15 is 0 Å². The van der Waals surface area contributed by atoms with Crippen LogP contribution in [0.1, 0.15) is 258 Å². The number of esters is 1. The highest BCUT2D eigenvalue weighted by molar-refractivity contribution is 5.76. The van der Waals surface area contributed by atoms with Crippen LogP contribution in [0.5, 0.6) is 0 Å². The van der Waals surface area contributed by atoms with Crippen LogP contribution in [0, 0.1) is 0 Å². The molecular formula is C48H93NO5. The first kappa shape index (κ1) is 52.6. The fraction of sp³-hybridized carbons (Fsp3) is 0.917. The Balaban J connectivity index is 3.50. The summed E-state index contributed by atoms with van der Waals surface area (Å²) < 4.78 is 5.44. The topological polar surface area (TPSA) is 95.9 Å². The number of rotatable bonds is 44. The van der Waals surface area contributed by atoms with Gasteiger partial charge in [-0.3, -0.25) is 9.59 Å². The highest BCUT2D eigenvalue weighted by atomic mass is 16.5. The number of unbranched alkanes of at least 4 members (excludes halogenated alkanes) is 31. The number of hydrogen-bond donors (Lipinski definition) is 3. The van der Waals surface area contributed by atoms with Crippen LogP contribution in [0.15, 0.2) is 12.2 Å². The molecule has 0 bridgehead atoms. The summed E-state index contributed by atoms with van der Waals surface area (Å²) in [6.07, 6.45) is 49.0. The quantitative estimate of drug-likeness (QED) is 0.0326. The van der Waals surface area contributed by atoms with E-state index in [-0.39, 0.29) is 18.5 Å². The average molecular weight is 764 g/mol. The normalized spacial score (nSPS) is 12.7. The first-order chi connectivity index (χ1) is 26.5. The van der Waals surface area contributed by atoms with Crippen LogP contribution in [-0.2, 0) is 14.3 Å². The zero-order chi connectivity index (χ0) is 39.4. The lowest BCUT2D eigenvalue weighted by atomic mass is 10.0. The van der Waals surface area contributed by atoms with Crippen LogP contribution < -0.4 is 5.32 Å². The zero-order valence-corrected chi connectivity index (χ0v) is 36.2. The monoisotopic (exact) mass is 764 g/mol. The molecule has 0 spiro atoms. The van der Waals surface area contributed by atoms with Crippen molar-refractivity contribution >= 4 is 11.9 Å². The van der Waals surface area contributed by atoms with Crippen LogP contribution in [0.25, 0.3) is 0 Å². The summed E-state index contributed by atoms with van der Waals surface area (Å²) in [5, 5.41) is 23.0. The Morgan fingerprint density at radius 3 is 1.35 bits per heavy atom. The van der Waals surface area contributed by atoms with Gasteiger partial charge in [-0.1, -0.05) is 212 Å². The second-order valence-electron chi connectivity index (χ2n) is 16.4. The molecule has 0 saturated carbocycles. The molecule has 320 valence electrons. The van der Waals surface area contributed by atoms with E-state index < -0.39 is 12.1 Å². The van der Waals surface area contributed by atoms with E-state index in [9.17, 15) is 19.8 Å². The lowest BCUT2D eigenvalue weighted by molar-refractivity contribution is -0.143. The van der Waals surface area contributed by atoms with Crippen molar-refractivity contribution in [3.8, 4) is 0 Å². The number of ether oxygens (including phenoxy) is 1. The molecule has 0 radical (unpaired) electrons. The van der Waals surface area contributed by atoms with Crippen LogP contribution in [-0.4, -0.2) is 47.4 Å². The minimum atomic E-state index is -0.692. The van der Waals surface area contributed by atoms with Gasteiger partial charge in [-0.15, -0.1) is 0 Å². The molecule has 0 rings (SSSR count). The largest absolute Gasteiger partial charge is 0.466 e. The van der Waals surface area contributed by atoms with Gasteiger partial charge in [-0.2, -0.15) is 0 Å². The smallest absolute Gasteiger partial charge is 0.305 e. The van der Waals surface area contributed by atoms with Gasteiger partial charge in [0.15, 0.2) is 0 Å². The van der Waals surface area contributed by atoms with Gasteiger partial charge in [-0.05, 0) is 44.9 Å². The number of allylic oxidation sites excluding steroid dienone is 2. The van der Waals surface area contributed by atoms with Crippen molar-refractivity contribution in [2.24, 2.45) is 0 Å². The second kappa shape index (κ2) is 44.3. The van der Waals surface area contributed by atoms with E-state index in [4.69, 9.17) is 4.74 Å². The Bertz CT molecular complexity index is 802. The molecule has 0 aromatic heterocycles. The van der Waals surface area contributed by atoms with E-state index in [1.165, 1.54) is 154 Å². The van der Waals surface area contributed by atoms with Crippen molar-refractivity contribution < 1.29 is 24.5 Å². The first-order valence-electron chi connectivity index (χ1n) is 23.9. The Labute approximate surface area is 336 Å². The van der Waals surface area contributed by atoms with Crippen LogP contribution in [0.3, 0.4) is 0 Å². The van der Waals surface area contributed by atoms with Crippen molar-refractivity contribution in [2.45, 2.75) is 270 Å². The third-order valence-corrected chi connectivity index (χ3v) is 11.1. The molecule has 2 atom stereocenters. The molecule has 0 aromatic rings. The SMILES string of the molecule is CCCCCCCCCCCCCCCCCCCC(=O)OCCCCCC/C=C\CCCC(=O)NC(CO)C(O)CCCCCCCCCCCCC. The molecule has 3 N–H and O–H groups in total. The number of hydrogen-bond acceptors (Lipinski definition) is 5. The predicted molar refractivity (Wildman–Crippen MR) is 232 cm³/mol. The first-order valence-corrected chi connectivity index (χ1v) is 23.9. The molecule has 0 fully saturated rings. The number of aliphatic hydroxyl groups is 2. The predicted octanol–water partition coefficient (Wildman–Crippen LogP) is 13.8. The van der Waals surface area contributed by atoms with Crippen molar-refractivity contribution in [1.82, 2.24) is 5.32 Å². The highest BCUT2D eigenvalue weighted by Crippen LogP contribution is 2.16. The van der Waals surface area contributed by atoms with Crippen LogP contribution in [0.4, 0.5) is 0 Å². The molecule has 0 aromatic carbocycles. The maximum Gasteiger partial charge on any atom is 0.305 e. The molecule has 0 aliphatic carbocycles. The molecule has 1 amide bonds. The third-order valence-electron chi connectivity index (χ3n) is 11.1. The number of carbonyl (C=O) groups excluding carboxylic acids is 2. The second-order valence-corrected chi connectivity index (χ2v) is 16.4. The van der Waals surface area contributed by atoms with Gasteiger partial charge in [0.05, 0.1) is 25.4 Å². The summed E-state index contributed by atoms with van der Waals surface area (Å²) in [6.45, 7) is 4.85. The number of nitrogens with one attached hydrogen (secondary N) is 1. The van der Waals surface area contributed by atoms with Crippen molar-refractivity contribution in [3.05, 3.63) is 12.2 Å². The molecule has 2 unspecified atom stereocenters. The van der Waals surface area contributed by atoms with E-state index in [0.29, 0.717) is 25.9 Å². The molecular weight excluding hydrogens is 671 g/mol. The van der Waals surface area contributed by atoms with E-state index in [1.807, 2.05) is 0 Å². The summed E-state index contributed by atoms with van der Waals surface area (Å²) in [6, 6.07) is -0.576. The molecule has 0 aliphatic rings. The maximum absolute atomic E-state index is 12.4. The molecule has 0 aliphatic heterocycles. The Morgan fingerprint density at radius 2 is 0.889 bits per heavy atom. The van der Waals surface area contributed by atoms with E-state index in [1.54, 1.807) is 0 Å². The van der Waals surface area contributed by atoms with Crippen LogP contribution >= 0.6 is 0 Å². The molecule has 6 heteroatoms. The van der Waals surface area contributed by atoms with E-state index in [0.717, 1.165) is 70.6 Å². The number of aliphatic hydroxyl groups excluding tert-OH is 2. The fourth-order valence-corrected chi connectivity index (χ4v) is 7.35. The van der Waals surface area contributed by atoms with Crippen LogP contribution in [0.2, 0.25) is 0 Å².